The van der Waals surface area contributed by atoms with E-state index in [9.17, 15) is 14.7 Å². The van der Waals surface area contributed by atoms with E-state index in [1.165, 1.54) is 0 Å². The Morgan fingerprint density at radius 2 is 1.85 bits per heavy atom. The molecule has 174 valence electrons. The van der Waals surface area contributed by atoms with Crippen LogP contribution < -0.4 is 4.74 Å². The SMILES string of the molecule is CCN(CC)CCN1C(=O)C(=O)/C(=C(/O)c2ccc3c(c2)CC(C)O3)C1c1ccc(Cl)cc1. The predicted molar refractivity (Wildman–Crippen MR) is 128 cm³/mol. The number of amides is 1. The second-order valence-corrected chi connectivity index (χ2v) is 8.96. The van der Waals surface area contributed by atoms with Crippen molar-refractivity contribution in [3.63, 3.8) is 0 Å². The van der Waals surface area contributed by atoms with Gasteiger partial charge in [-0.25, -0.2) is 0 Å². The van der Waals surface area contributed by atoms with Crippen LogP contribution in [0.5, 0.6) is 5.75 Å². The van der Waals surface area contributed by atoms with Gasteiger partial charge in [-0.3, -0.25) is 9.59 Å². The lowest BCUT2D eigenvalue weighted by Gasteiger charge is -2.28. The first-order chi connectivity index (χ1) is 15.8. The maximum atomic E-state index is 13.2. The number of hydrogen-bond acceptors (Lipinski definition) is 5. The largest absolute Gasteiger partial charge is 0.507 e. The van der Waals surface area contributed by atoms with E-state index in [4.69, 9.17) is 16.3 Å². The number of Topliss-reactive ketones (excluding diaryl/α,β-unsaturated/α-hetero) is 1. The third-order valence-corrected chi connectivity index (χ3v) is 6.70. The minimum absolute atomic E-state index is 0.0668. The molecule has 1 amide bonds. The molecule has 2 aromatic carbocycles. The van der Waals surface area contributed by atoms with Crippen LogP contribution in [0, 0.1) is 0 Å². The third kappa shape index (κ3) is 4.50. The summed E-state index contributed by atoms with van der Waals surface area (Å²) in [6.07, 6.45) is 0.798. The Labute approximate surface area is 199 Å². The number of aliphatic hydroxyl groups excluding tert-OH is 1. The van der Waals surface area contributed by atoms with Gasteiger partial charge in [0.05, 0.1) is 11.6 Å². The van der Waals surface area contributed by atoms with Gasteiger partial charge in [0.25, 0.3) is 11.7 Å². The summed E-state index contributed by atoms with van der Waals surface area (Å²) in [4.78, 5) is 30.0. The van der Waals surface area contributed by atoms with E-state index in [-0.39, 0.29) is 17.4 Å². The lowest BCUT2D eigenvalue weighted by atomic mass is 9.94. The number of likely N-dealkylation sites (N-methyl/N-ethyl adjacent to an activating group) is 1. The molecule has 1 saturated heterocycles. The molecule has 7 heteroatoms. The predicted octanol–water partition coefficient (Wildman–Crippen LogP) is 4.43. The molecule has 2 atom stereocenters. The van der Waals surface area contributed by atoms with Crippen LogP contribution in [0.15, 0.2) is 48.0 Å². The number of benzene rings is 2. The van der Waals surface area contributed by atoms with E-state index >= 15 is 0 Å². The molecule has 2 unspecified atom stereocenters. The van der Waals surface area contributed by atoms with Crippen LogP contribution in [0.3, 0.4) is 0 Å². The summed E-state index contributed by atoms with van der Waals surface area (Å²) in [6.45, 7) is 8.83. The van der Waals surface area contributed by atoms with Crippen LogP contribution in [0.4, 0.5) is 0 Å². The molecule has 2 aliphatic heterocycles. The molecule has 1 fully saturated rings. The molecular weight excluding hydrogens is 440 g/mol. The number of ether oxygens (including phenoxy) is 1. The number of nitrogens with zero attached hydrogens (tertiary/aromatic N) is 2. The molecule has 2 aromatic rings. The van der Waals surface area contributed by atoms with Gasteiger partial charge >= 0.3 is 0 Å². The van der Waals surface area contributed by atoms with Crippen LogP contribution in [-0.2, 0) is 16.0 Å². The van der Waals surface area contributed by atoms with Gasteiger partial charge in [-0.1, -0.05) is 37.6 Å². The van der Waals surface area contributed by atoms with Gasteiger partial charge in [-0.05, 0) is 61.5 Å². The minimum atomic E-state index is -0.679. The van der Waals surface area contributed by atoms with Crippen molar-refractivity contribution in [1.82, 2.24) is 9.80 Å². The molecule has 2 aliphatic rings. The van der Waals surface area contributed by atoms with Gasteiger partial charge in [0.2, 0.25) is 0 Å². The van der Waals surface area contributed by atoms with Gasteiger partial charge in [0.1, 0.15) is 17.6 Å². The summed E-state index contributed by atoms with van der Waals surface area (Å²) >= 11 is 6.09. The van der Waals surface area contributed by atoms with Gasteiger partial charge in [-0.15, -0.1) is 0 Å². The molecule has 0 radical (unpaired) electrons. The summed E-state index contributed by atoms with van der Waals surface area (Å²) in [5, 5.41) is 11.8. The van der Waals surface area contributed by atoms with Crippen molar-refractivity contribution in [2.45, 2.75) is 39.3 Å². The molecule has 2 heterocycles. The Morgan fingerprint density at radius 1 is 1.15 bits per heavy atom. The fourth-order valence-electron chi connectivity index (χ4n) is 4.62. The van der Waals surface area contributed by atoms with E-state index in [0.29, 0.717) is 23.7 Å². The zero-order chi connectivity index (χ0) is 23.7. The molecule has 0 bridgehead atoms. The number of carbonyl (C=O) groups is 2. The number of hydrogen-bond donors (Lipinski definition) is 1. The van der Waals surface area contributed by atoms with Crippen molar-refractivity contribution in [1.29, 1.82) is 0 Å². The first kappa shape index (κ1) is 23.3. The summed E-state index contributed by atoms with van der Waals surface area (Å²) in [5.74, 6) is -0.646. The van der Waals surface area contributed by atoms with Crippen molar-refractivity contribution in [3.8, 4) is 5.75 Å². The highest BCUT2D eigenvalue weighted by Gasteiger charge is 2.46. The molecule has 4 rings (SSSR count). The minimum Gasteiger partial charge on any atom is -0.507 e. The van der Waals surface area contributed by atoms with Crippen molar-refractivity contribution in [2.75, 3.05) is 26.2 Å². The number of halogens is 1. The van der Waals surface area contributed by atoms with Gasteiger partial charge in [0.15, 0.2) is 0 Å². The second kappa shape index (κ2) is 9.57. The Kier molecular flexibility index (Phi) is 6.77. The smallest absolute Gasteiger partial charge is 0.295 e. The Hall–Kier alpha value is -2.83. The third-order valence-electron chi connectivity index (χ3n) is 6.45. The Bertz CT molecular complexity index is 1090. The van der Waals surface area contributed by atoms with Gasteiger partial charge in [-0.2, -0.15) is 0 Å². The molecule has 1 N–H and O–H groups in total. The van der Waals surface area contributed by atoms with Crippen LogP contribution in [-0.4, -0.2) is 58.9 Å². The molecule has 6 nitrogen and oxygen atoms in total. The van der Waals surface area contributed by atoms with E-state index in [2.05, 4.69) is 18.7 Å². The lowest BCUT2D eigenvalue weighted by molar-refractivity contribution is -0.140. The first-order valence-corrected chi connectivity index (χ1v) is 11.8. The van der Waals surface area contributed by atoms with Crippen LogP contribution in [0.25, 0.3) is 5.76 Å². The van der Waals surface area contributed by atoms with Crippen LogP contribution in [0.1, 0.15) is 43.5 Å². The van der Waals surface area contributed by atoms with Crippen LogP contribution >= 0.6 is 11.6 Å². The van der Waals surface area contributed by atoms with E-state index in [1.54, 1.807) is 35.2 Å². The summed E-state index contributed by atoms with van der Waals surface area (Å²) in [5.41, 5.74) is 2.32. The van der Waals surface area contributed by atoms with Gasteiger partial charge < -0.3 is 19.6 Å². The highest BCUT2D eigenvalue weighted by atomic mass is 35.5. The molecule has 33 heavy (non-hydrogen) atoms. The fraction of sp³-hybridized carbons (Fsp3) is 0.385. The number of carbonyl (C=O) groups excluding carboxylic acids is 2. The normalized spacial score (nSPS) is 21.5. The number of likely N-dealkylation sites (tertiary alicyclic amines) is 1. The fourth-order valence-corrected chi connectivity index (χ4v) is 4.74. The Morgan fingerprint density at radius 3 is 2.52 bits per heavy atom. The van der Waals surface area contributed by atoms with Gasteiger partial charge in [0, 0.05) is 30.1 Å². The molecule has 0 spiro atoms. The number of aliphatic hydroxyl groups is 1. The van der Waals surface area contributed by atoms with Crippen molar-refractivity contribution in [3.05, 3.63) is 69.8 Å². The summed E-state index contributed by atoms with van der Waals surface area (Å²) in [6, 6.07) is 11.8. The number of ketones is 1. The Balaban J connectivity index is 1.77. The maximum absolute atomic E-state index is 13.2. The first-order valence-electron chi connectivity index (χ1n) is 11.4. The molecule has 0 aromatic heterocycles. The summed E-state index contributed by atoms with van der Waals surface area (Å²) < 4.78 is 5.76. The standard InChI is InChI=1S/C26H29ClN2O4/c1-4-28(5-2)12-13-29-23(17-6-9-20(27)10-7-17)22(25(31)26(29)32)24(30)18-8-11-21-19(15-18)14-16(3)33-21/h6-11,15-16,23,30H,4-5,12-14H2,1-3H3/b24-22+. The second-order valence-electron chi connectivity index (χ2n) is 8.53. The molecule has 0 saturated carbocycles. The van der Waals surface area contributed by atoms with E-state index < -0.39 is 17.7 Å². The average Bonchev–Trinajstić information content (AvgIpc) is 3.30. The van der Waals surface area contributed by atoms with E-state index in [0.717, 1.165) is 36.4 Å². The number of fused-ring (bicyclic) bond motifs is 1. The van der Waals surface area contributed by atoms with Crippen LogP contribution in [0.2, 0.25) is 5.02 Å². The monoisotopic (exact) mass is 468 g/mol. The van der Waals surface area contributed by atoms with Crippen molar-refractivity contribution in [2.24, 2.45) is 0 Å². The number of rotatable bonds is 7. The zero-order valence-electron chi connectivity index (χ0n) is 19.2. The highest BCUT2D eigenvalue weighted by molar-refractivity contribution is 6.46. The molecule has 0 aliphatic carbocycles. The van der Waals surface area contributed by atoms with E-state index in [1.807, 2.05) is 19.1 Å². The topological polar surface area (TPSA) is 70.1 Å². The van der Waals surface area contributed by atoms with Crippen molar-refractivity contribution < 1.29 is 19.4 Å². The maximum Gasteiger partial charge on any atom is 0.295 e. The average molecular weight is 469 g/mol. The quantitative estimate of drug-likeness (QED) is 0.370. The highest BCUT2D eigenvalue weighted by Crippen LogP contribution is 2.40. The molecular formula is C26H29ClN2O4. The summed E-state index contributed by atoms with van der Waals surface area (Å²) in [7, 11) is 0. The van der Waals surface area contributed by atoms with Crippen molar-refractivity contribution >= 4 is 29.1 Å². The zero-order valence-corrected chi connectivity index (χ0v) is 19.9. The lowest BCUT2D eigenvalue weighted by Crippen LogP contribution is -2.38.